The number of ether oxygens (including phenoxy) is 1. The summed E-state index contributed by atoms with van der Waals surface area (Å²) in [6.45, 7) is 0. The van der Waals surface area contributed by atoms with E-state index in [1.54, 1.807) is 0 Å². The summed E-state index contributed by atoms with van der Waals surface area (Å²) >= 11 is 0. The standard InChI is InChI=1S/C27H18O2/c28-27(23-13-5-11-21-19-9-3-1-7-17(19)15-24(21)23)29-26-14-6-12-22-20-10-4-2-8-18(20)16-25(22)26/h1-14H,15-16H2. The Kier molecular flexibility index (Phi) is 3.48. The molecule has 0 unspecified atom stereocenters. The average Bonchev–Trinajstić information content (AvgIpc) is 3.32. The lowest BCUT2D eigenvalue weighted by atomic mass is 10.0. The van der Waals surface area contributed by atoms with Gasteiger partial charge in [0.25, 0.3) is 0 Å². The van der Waals surface area contributed by atoms with E-state index in [4.69, 9.17) is 4.74 Å². The molecule has 0 amide bonds. The zero-order valence-corrected chi connectivity index (χ0v) is 15.8. The number of hydrogen-bond acceptors (Lipinski definition) is 2. The highest BCUT2D eigenvalue weighted by Gasteiger charge is 2.26. The molecule has 138 valence electrons. The molecule has 0 radical (unpaired) electrons. The molecular weight excluding hydrogens is 356 g/mol. The molecule has 0 aliphatic heterocycles. The van der Waals surface area contributed by atoms with E-state index in [1.165, 1.54) is 22.3 Å². The predicted molar refractivity (Wildman–Crippen MR) is 114 cm³/mol. The van der Waals surface area contributed by atoms with Crippen molar-refractivity contribution in [1.82, 2.24) is 0 Å². The minimum absolute atomic E-state index is 0.279. The summed E-state index contributed by atoms with van der Waals surface area (Å²) in [5.74, 6) is 0.385. The van der Waals surface area contributed by atoms with Crippen molar-refractivity contribution in [1.29, 1.82) is 0 Å². The Bertz CT molecular complexity index is 1300. The monoisotopic (exact) mass is 374 g/mol. The van der Waals surface area contributed by atoms with E-state index in [0.29, 0.717) is 11.3 Å². The third-order valence-electron chi connectivity index (χ3n) is 6.08. The van der Waals surface area contributed by atoms with Gasteiger partial charge in [-0.2, -0.15) is 0 Å². The molecule has 6 rings (SSSR count). The zero-order valence-electron chi connectivity index (χ0n) is 15.8. The third-order valence-corrected chi connectivity index (χ3v) is 6.08. The van der Waals surface area contributed by atoms with Crippen molar-refractivity contribution in [2.24, 2.45) is 0 Å². The first-order valence-corrected chi connectivity index (χ1v) is 9.92. The van der Waals surface area contributed by atoms with Crippen LogP contribution in [0.25, 0.3) is 22.3 Å². The fourth-order valence-corrected chi connectivity index (χ4v) is 4.73. The average molecular weight is 374 g/mol. The summed E-state index contributed by atoms with van der Waals surface area (Å²) in [5, 5.41) is 0. The Balaban J connectivity index is 1.37. The van der Waals surface area contributed by atoms with E-state index < -0.39 is 0 Å². The van der Waals surface area contributed by atoms with E-state index in [-0.39, 0.29) is 5.97 Å². The fourth-order valence-electron chi connectivity index (χ4n) is 4.73. The molecule has 0 N–H and O–H groups in total. The van der Waals surface area contributed by atoms with Crippen LogP contribution in [0.5, 0.6) is 5.75 Å². The molecule has 29 heavy (non-hydrogen) atoms. The second kappa shape index (κ2) is 6.18. The minimum Gasteiger partial charge on any atom is -0.423 e. The molecule has 4 aromatic rings. The highest BCUT2D eigenvalue weighted by Crippen LogP contribution is 2.42. The van der Waals surface area contributed by atoms with Crippen LogP contribution in [0.4, 0.5) is 0 Å². The van der Waals surface area contributed by atoms with Crippen LogP contribution in [-0.4, -0.2) is 5.97 Å². The lowest BCUT2D eigenvalue weighted by Crippen LogP contribution is -2.12. The molecule has 0 fully saturated rings. The lowest BCUT2D eigenvalue weighted by molar-refractivity contribution is 0.0732. The van der Waals surface area contributed by atoms with Crippen LogP contribution < -0.4 is 4.74 Å². The second-order valence-electron chi connectivity index (χ2n) is 7.67. The first-order valence-electron chi connectivity index (χ1n) is 9.92. The normalized spacial score (nSPS) is 12.7. The molecule has 2 nitrogen and oxygen atoms in total. The number of carbonyl (C=O) groups is 1. The molecule has 2 heteroatoms. The third kappa shape index (κ3) is 2.46. The van der Waals surface area contributed by atoms with Crippen molar-refractivity contribution >= 4 is 5.97 Å². The van der Waals surface area contributed by atoms with Crippen LogP contribution in [-0.2, 0) is 12.8 Å². The maximum atomic E-state index is 13.2. The van der Waals surface area contributed by atoms with Gasteiger partial charge < -0.3 is 4.74 Å². The number of carbonyl (C=O) groups excluding carboxylic acids is 1. The molecule has 0 heterocycles. The predicted octanol–water partition coefficient (Wildman–Crippen LogP) is 6.05. The molecule has 0 spiro atoms. The van der Waals surface area contributed by atoms with Crippen LogP contribution in [0.3, 0.4) is 0 Å². The van der Waals surface area contributed by atoms with Gasteiger partial charge in [-0.05, 0) is 57.5 Å². The van der Waals surface area contributed by atoms with Gasteiger partial charge in [0.2, 0.25) is 0 Å². The van der Waals surface area contributed by atoms with Gasteiger partial charge in [0, 0.05) is 12.0 Å². The van der Waals surface area contributed by atoms with Crippen LogP contribution >= 0.6 is 0 Å². The topological polar surface area (TPSA) is 26.3 Å². The van der Waals surface area contributed by atoms with Crippen molar-refractivity contribution in [3.8, 4) is 28.0 Å². The molecule has 0 saturated heterocycles. The summed E-state index contributed by atoms with van der Waals surface area (Å²) in [7, 11) is 0. The van der Waals surface area contributed by atoms with E-state index in [1.807, 2.05) is 36.4 Å². The highest BCUT2D eigenvalue weighted by atomic mass is 16.5. The fraction of sp³-hybridized carbons (Fsp3) is 0.0741. The van der Waals surface area contributed by atoms with E-state index in [0.717, 1.165) is 35.1 Å². The Hall–Kier alpha value is -3.65. The van der Waals surface area contributed by atoms with Gasteiger partial charge in [0.15, 0.2) is 0 Å². The van der Waals surface area contributed by atoms with Gasteiger partial charge in [-0.1, -0.05) is 72.8 Å². The molecule has 0 aromatic heterocycles. The van der Waals surface area contributed by atoms with E-state index >= 15 is 0 Å². The zero-order chi connectivity index (χ0) is 19.4. The summed E-state index contributed by atoms with van der Waals surface area (Å²) in [5.41, 5.74) is 10.1. The molecule has 0 bridgehead atoms. The highest BCUT2D eigenvalue weighted by molar-refractivity contribution is 5.97. The molecule has 0 saturated carbocycles. The maximum Gasteiger partial charge on any atom is 0.343 e. The number of esters is 1. The van der Waals surface area contributed by atoms with Crippen molar-refractivity contribution < 1.29 is 9.53 Å². The quantitative estimate of drug-likeness (QED) is 0.272. The van der Waals surface area contributed by atoms with Gasteiger partial charge in [-0.3, -0.25) is 0 Å². The largest absolute Gasteiger partial charge is 0.423 e. The number of fused-ring (bicyclic) bond motifs is 6. The summed E-state index contributed by atoms with van der Waals surface area (Å²) in [4.78, 5) is 13.2. The summed E-state index contributed by atoms with van der Waals surface area (Å²) in [6.07, 6.45) is 1.57. The minimum atomic E-state index is -0.279. The molecule has 0 atom stereocenters. The Morgan fingerprint density at radius 3 is 1.86 bits per heavy atom. The Morgan fingerprint density at radius 2 is 1.14 bits per heavy atom. The molecule has 2 aliphatic carbocycles. The van der Waals surface area contributed by atoms with Crippen LogP contribution in [0, 0.1) is 0 Å². The second-order valence-corrected chi connectivity index (χ2v) is 7.67. The van der Waals surface area contributed by atoms with Crippen molar-refractivity contribution in [3.05, 3.63) is 113 Å². The van der Waals surface area contributed by atoms with Crippen LogP contribution in [0.15, 0.2) is 84.9 Å². The number of rotatable bonds is 2. The van der Waals surface area contributed by atoms with Gasteiger partial charge in [-0.25, -0.2) is 4.79 Å². The summed E-state index contributed by atoms with van der Waals surface area (Å²) in [6, 6.07) is 28.6. The van der Waals surface area contributed by atoms with Gasteiger partial charge >= 0.3 is 5.97 Å². The van der Waals surface area contributed by atoms with Crippen molar-refractivity contribution in [2.45, 2.75) is 12.8 Å². The molecule has 4 aromatic carbocycles. The summed E-state index contributed by atoms with van der Waals surface area (Å²) < 4.78 is 5.96. The van der Waals surface area contributed by atoms with E-state index in [9.17, 15) is 4.79 Å². The number of benzene rings is 4. The van der Waals surface area contributed by atoms with Crippen LogP contribution in [0.1, 0.15) is 32.6 Å². The first kappa shape index (κ1) is 16.3. The van der Waals surface area contributed by atoms with E-state index in [2.05, 4.69) is 48.5 Å². The van der Waals surface area contributed by atoms with Gasteiger partial charge in [0.05, 0.1) is 5.56 Å². The Morgan fingerprint density at radius 1 is 0.586 bits per heavy atom. The first-order chi connectivity index (χ1) is 14.3. The Labute approximate surface area is 169 Å². The molecule has 2 aliphatic rings. The number of hydrogen-bond donors (Lipinski definition) is 0. The van der Waals surface area contributed by atoms with Gasteiger partial charge in [0.1, 0.15) is 5.75 Å². The SMILES string of the molecule is O=C(Oc1cccc2c1Cc1ccccc1-2)c1cccc2c1Cc1ccccc1-2. The lowest BCUT2D eigenvalue weighted by Gasteiger charge is -2.12. The van der Waals surface area contributed by atoms with Crippen LogP contribution in [0.2, 0.25) is 0 Å². The smallest absolute Gasteiger partial charge is 0.343 e. The van der Waals surface area contributed by atoms with Crippen molar-refractivity contribution in [2.75, 3.05) is 0 Å². The van der Waals surface area contributed by atoms with Crippen molar-refractivity contribution in [3.63, 3.8) is 0 Å². The molecular formula is C27H18O2. The van der Waals surface area contributed by atoms with Gasteiger partial charge in [-0.15, -0.1) is 0 Å². The maximum absolute atomic E-state index is 13.2.